The number of hydrogen-bond acceptors (Lipinski definition) is 3. The Balaban J connectivity index is 1.25. The van der Waals surface area contributed by atoms with E-state index in [9.17, 15) is 0 Å². The van der Waals surface area contributed by atoms with Gasteiger partial charge in [-0.1, -0.05) is 111 Å². The topological polar surface area (TPSA) is 30.5 Å². The number of aromatic nitrogens is 1. The minimum Gasteiger partial charge on any atom is -0.469 e. The van der Waals surface area contributed by atoms with Crippen molar-refractivity contribution in [2.24, 2.45) is 0 Å². The predicted octanol–water partition coefficient (Wildman–Crippen LogP) is 8.80. The molecule has 6 aromatic carbocycles. The fourth-order valence-electron chi connectivity index (χ4n) is 10.6. The number of para-hydroxylation sites is 4. The summed E-state index contributed by atoms with van der Waals surface area (Å²) in [6, 6.07) is 42.6. The summed E-state index contributed by atoms with van der Waals surface area (Å²) in [4.78, 5) is 2.56. The minimum absolute atomic E-state index is 0.0458. The molecule has 0 saturated heterocycles. The van der Waals surface area contributed by atoms with E-state index in [2.05, 4.69) is 138 Å². The molecule has 5 heteroatoms. The van der Waals surface area contributed by atoms with Gasteiger partial charge in [0.25, 0.3) is 0 Å². The molecule has 0 amide bonds. The van der Waals surface area contributed by atoms with E-state index in [0.29, 0.717) is 0 Å². The van der Waals surface area contributed by atoms with Crippen LogP contribution in [0.15, 0.2) is 120 Å². The maximum Gasteiger partial charge on any atom is 0.336 e. The molecule has 2 aromatic heterocycles. The summed E-state index contributed by atoms with van der Waals surface area (Å²) in [6.07, 6.45) is -0.139. The van der Waals surface area contributed by atoms with Crippen LogP contribution in [0.5, 0.6) is 5.75 Å². The number of furan rings is 1. The smallest absolute Gasteiger partial charge is 0.336 e. The molecule has 6 heterocycles. The molecule has 1 aliphatic carbocycles. The lowest BCUT2D eigenvalue weighted by Gasteiger charge is -2.41. The van der Waals surface area contributed by atoms with E-state index < -0.39 is 0 Å². The Morgan fingerprint density at radius 1 is 0.729 bits per heavy atom. The Bertz CT molecular complexity index is 2840. The van der Waals surface area contributed by atoms with E-state index in [0.717, 1.165) is 17.0 Å². The van der Waals surface area contributed by atoms with Crippen LogP contribution in [-0.2, 0) is 5.41 Å². The zero-order chi connectivity index (χ0) is 31.2. The van der Waals surface area contributed by atoms with Gasteiger partial charge in [0.2, 0.25) is 0 Å². The van der Waals surface area contributed by atoms with Crippen molar-refractivity contribution in [2.75, 3.05) is 4.90 Å². The summed E-state index contributed by atoms with van der Waals surface area (Å²) in [5.41, 5.74) is 19.0. The standard InChI is InChI=1S/C43H27BN2O2/c1-43(2)29-17-6-3-11-22(29)28-21-31-38-36(37(28)43)27-15-9-14-25-35-24-13-5-8-20-33(24)48-42(35)46(39(25)27)44(38)30-18-10-16-26-34-23-12-4-7-19-32(23)47-41(34)45(31)40(26)30/h3-21,34,41H,1-2H3. The minimum atomic E-state index is -0.167. The van der Waals surface area contributed by atoms with Crippen molar-refractivity contribution in [2.45, 2.75) is 31.4 Å². The lowest BCUT2D eigenvalue weighted by atomic mass is 9.44. The number of benzene rings is 6. The summed E-state index contributed by atoms with van der Waals surface area (Å²) in [7, 11) is 0. The average Bonchev–Trinajstić information content (AvgIpc) is 3.89. The molecule has 4 nitrogen and oxygen atoms in total. The second-order valence-electron chi connectivity index (χ2n) is 14.7. The van der Waals surface area contributed by atoms with E-state index in [1.165, 1.54) is 88.5 Å². The first-order chi connectivity index (χ1) is 23.6. The zero-order valence-electron chi connectivity index (χ0n) is 26.4. The van der Waals surface area contributed by atoms with Gasteiger partial charge < -0.3 is 18.5 Å². The molecule has 4 aliphatic heterocycles. The quantitative estimate of drug-likeness (QED) is 0.160. The molecule has 2 unspecified atom stereocenters. The van der Waals surface area contributed by atoms with Crippen LogP contribution in [-0.4, -0.2) is 17.6 Å². The molecule has 8 aromatic rings. The second kappa shape index (κ2) is 7.72. The maximum atomic E-state index is 6.94. The van der Waals surface area contributed by atoms with Crippen LogP contribution >= 0.6 is 0 Å². The van der Waals surface area contributed by atoms with Gasteiger partial charge in [0.05, 0.1) is 11.3 Å². The molecule has 0 radical (unpaired) electrons. The van der Waals surface area contributed by atoms with Crippen molar-refractivity contribution in [1.29, 1.82) is 0 Å². The van der Waals surface area contributed by atoms with Gasteiger partial charge in [-0.05, 0) is 62.5 Å². The zero-order valence-corrected chi connectivity index (χ0v) is 26.4. The van der Waals surface area contributed by atoms with Crippen molar-refractivity contribution >= 4 is 62.1 Å². The molecule has 0 fully saturated rings. The van der Waals surface area contributed by atoms with E-state index in [1.54, 1.807) is 0 Å². The molecule has 0 N–H and O–H groups in total. The number of fused-ring (bicyclic) bond motifs is 18. The van der Waals surface area contributed by atoms with Crippen LogP contribution in [0, 0.1) is 0 Å². The van der Waals surface area contributed by atoms with E-state index in [-0.39, 0.29) is 24.4 Å². The van der Waals surface area contributed by atoms with Crippen LogP contribution in [0.4, 0.5) is 11.4 Å². The molecule has 0 spiro atoms. The molecular weight excluding hydrogens is 587 g/mol. The molecule has 2 atom stereocenters. The molecule has 0 saturated carbocycles. The highest BCUT2D eigenvalue weighted by atomic mass is 16.5. The largest absolute Gasteiger partial charge is 0.469 e. The van der Waals surface area contributed by atoms with Gasteiger partial charge in [-0.2, -0.15) is 0 Å². The fourth-order valence-corrected chi connectivity index (χ4v) is 10.6. The molecule has 48 heavy (non-hydrogen) atoms. The molecule has 0 bridgehead atoms. The summed E-state index contributed by atoms with van der Waals surface area (Å²) < 4.78 is 16.4. The Morgan fingerprint density at radius 3 is 2.46 bits per heavy atom. The lowest BCUT2D eigenvalue weighted by molar-refractivity contribution is 0.234. The van der Waals surface area contributed by atoms with Crippen LogP contribution < -0.4 is 20.6 Å². The van der Waals surface area contributed by atoms with Crippen LogP contribution in [0.3, 0.4) is 0 Å². The number of rotatable bonds is 0. The van der Waals surface area contributed by atoms with Crippen LogP contribution in [0.25, 0.3) is 55.2 Å². The van der Waals surface area contributed by atoms with Crippen molar-refractivity contribution in [3.05, 3.63) is 138 Å². The van der Waals surface area contributed by atoms with Gasteiger partial charge in [0.1, 0.15) is 11.3 Å². The molecule has 13 rings (SSSR count). The first-order valence-corrected chi connectivity index (χ1v) is 17.0. The number of nitrogens with zero attached hydrogens (tertiary/aromatic N) is 2. The average molecular weight is 615 g/mol. The van der Waals surface area contributed by atoms with Gasteiger partial charge in [-0.25, -0.2) is 0 Å². The van der Waals surface area contributed by atoms with Gasteiger partial charge in [-0.15, -0.1) is 0 Å². The summed E-state index contributed by atoms with van der Waals surface area (Å²) in [5, 5.41) is 3.64. The summed E-state index contributed by atoms with van der Waals surface area (Å²) in [6.45, 7) is 4.79. The fraction of sp³-hybridized carbons (Fsp3) is 0.116. The highest BCUT2D eigenvalue weighted by Crippen LogP contribution is 2.60. The summed E-state index contributed by atoms with van der Waals surface area (Å²) >= 11 is 0. The Morgan fingerprint density at radius 2 is 1.50 bits per heavy atom. The lowest BCUT2D eigenvalue weighted by Crippen LogP contribution is -2.58. The van der Waals surface area contributed by atoms with Crippen molar-refractivity contribution in [3.63, 3.8) is 0 Å². The normalized spacial score (nSPS) is 19.3. The monoisotopic (exact) mass is 614 g/mol. The van der Waals surface area contributed by atoms with Crippen LogP contribution in [0.2, 0.25) is 0 Å². The summed E-state index contributed by atoms with van der Waals surface area (Å²) in [5.74, 6) is 1.14. The third kappa shape index (κ3) is 2.46. The van der Waals surface area contributed by atoms with Crippen molar-refractivity contribution < 1.29 is 9.15 Å². The van der Waals surface area contributed by atoms with Gasteiger partial charge in [0, 0.05) is 44.2 Å². The van der Waals surface area contributed by atoms with Gasteiger partial charge in [-0.3, -0.25) is 0 Å². The van der Waals surface area contributed by atoms with Crippen molar-refractivity contribution in [1.82, 2.24) is 4.48 Å². The van der Waals surface area contributed by atoms with Gasteiger partial charge in [0.15, 0.2) is 11.9 Å². The second-order valence-corrected chi connectivity index (χ2v) is 14.7. The number of ether oxygens (including phenoxy) is 1. The third-order valence-corrected chi connectivity index (χ3v) is 12.3. The van der Waals surface area contributed by atoms with E-state index in [4.69, 9.17) is 9.15 Å². The molecule has 5 aliphatic rings. The van der Waals surface area contributed by atoms with Crippen molar-refractivity contribution in [3.8, 4) is 28.0 Å². The van der Waals surface area contributed by atoms with E-state index in [1.807, 2.05) is 0 Å². The molecule has 224 valence electrons. The first-order valence-electron chi connectivity index (χ1n) is 17.0. The SMILES string of the molecule is CC1(C)c2ccccc2-c2cc3c4c(c21)-c1cccc2c5c6ccccc6oc5n(c12)B4c1cccc2c1N3C1Oc3ccccc3C21. The Hall–Kier alpha value is -5.68. The number of hydrogen-bond donors (Lipinski definition) is 0. The highest BCUT2D eigenvalue weighted by molar-refractivity contribution is 6.90. The maximum absolute atomic E-state index is 6.94. The first kappa shape index (κ1) is 24.5. The third-order valence-electron chi connectivity index (χ3n) is 12.3. The van der Waals surface area contributed by atoms with Crippen LogP contribution in [0.1, 0.15) is 42.0 Å². The predicted molar refractivity (Wildman–Crippen MR) is 194 cm³/mol. The Labute approximate surface area is 276 Å². The highest BCUT2D eigenvalue weighted by Gasteiger charge is 2.55. The van der Waals surface area contributed by atoms with E-state index >= 15 is 0 Å². The Kier molecular flexibility index (Phi) is 3.94. The number of anilines is 2. The van der Waals surface area contributed by atoms with Gasteiger partial charge >= 0.3 is 6.85 Å². The molecular formula is C43H27BN2O2.